The summed E-state index contributed by atoms with van der Waals surface area (Å²) in [5.74, 6) is 0. The predicted molar refractivity (Wildman–Crippen MR) is 119 cm³/mol. The van der Waals surface area contributed by atoms with Gasteiger partial charge in [-0.05, 0) is 59.2 Å². The van der Waals surface area contributed by atoms with Crippen molar-refractivity contribution in [3.8, 4) is 0 Å². The van der Waals surface area contributed by atoms with Crippen LogP contribution in [0.3, 0.4) is 0 Å². The van der Waals surface area contributed by atoms with Gasteiger partial charge in [0.15, 0.2) is 0 Å². The highest BCUT2D eigenvalue weighted by atomic mass is 35.5. The number of aliphatic hydroxyl groups is 1. The van der Waals surface area contributed by atoms with Gasteiger partial charge in [0, 0.05) is 22.2 Å². The second kappa shape index (κ2) is 7.28. The Morgan fingerprint density at radius 2 is 1.79 bits per heavy atom. The van der Waals surface area contributed by atoms with Crippen LogP contribution in [0, 0.1) is 0 Å². The van der Waals surface area contributed by atoms with Gasteiger partial charge >= 0.3 is 0 Å². The van der Waals surface area contributed by atoms with Crippen LogP contribution >= 0.6 is 11.6 Å². The molecule has 0 spiro atoms. The van der Waals surface area contributed by atoms with Gasteiger partial charge in [0.05, 0.1) is 16.9 Å². The number of fused-ring (bicyclic) bond motifs is 3. The van der Waals surface area contributed by atoms with Crippen LogP contribution in [0.5, 0.6) is 0 Å². The van der Waals surface area contributed by atoms with Gasteiger partial charge < -0.3 is 5.11 Å². The lowest BCUT2D eigenvalue weighted by Gasteiger charge is -2.14. The zero-order chi connectivity index (χ0) is 19.8. The van der Waals surface area contributed by atoms with Gasteiger partial charge in [-0.2, -0.15) is 0 Å². The summed E-state index contributed by atoms with van der Waals surface area (Å²) < 4.78 is 0. The lowest BCUT2D eigenvalue weighted by molar-refractivity contribution is 0.219. The summed E-state index contributed by atoms with van der Waals surface area (Å²) in [4.78, 5) is 9.02. The molecule has 1 aliphatic carbocycles. The first-order valence-corrected chi connectivity index (χ1v) is 9.74. The first-order chi connectivity index (χ1) is 14.2. The van der Waals surface area contributed by atoms with E-state index in [0.29, 0.717) is 5.02 Å². The topological polar surface area (TPSA) is 46.0 Å². The van der Waals surface area contributed by atoms with Crippen LogP contribution < -0.4 is 0 Å². The monoisotopic (exact) mass is 396 g/mol. The van der Waals surface area contributed by atoms with Crippen molar-refractivity contribution < 1.29 is 5.11 Å². The van der Waals surface area contributed by atoms with Gasteiger partial charge in [0.2, 0.25) is 0 Å². The Labute approximate surface area is 173 Å². The average molecular weight is 397 g/mol. The third kappa shape index (κ3) is 3.46. The van der Waals surface area contributed by atoms with E-state index in [1.165, 1.54) is 0 Å². The van der Waals surface area contributed by atoms with Crippen LogP contribution in [-0.4, -0.2) is 15.1 Å². The predicted octanol–water partition coefficient (Wildman–Crippen LogP) is 6.02. The fourth-order valence-electron chi connectivity index (χ4n) is 3.60. The highest BCUT2D eigenvalue weighted by molar-refractivity contribution is 6.31. The molecule has 3 nitrogen and oxygen atoms in total. The summed E-state index contributed by atoms with van der Waals surface area (Å²) in [7, 11) is 0. The minimum Gasteiger partial charge on any atom is -0.384 e. The Morgan fingerprint density at radius 1 is 0.897 bits per heavy atom. The first-order valence-electron chi connectivity index (χ1n) is 9.37. The number of benzene rings is 2. The molecule has 5 rings (SSSR count). The van der Waals surface area contributed by atoms with Crippen molar-refractivity contribution in [2.24, 2.45) is 0 Å². The summed E-state index contributed by atoms with van der Waals surface area (Å²) in [5.41, 5.74) is 6.19. The average Bonchev–Trinajstić information content (AvgIpc) is 2.89. The molecule has 1 atom stereocenters. The maximum Gasteiger partial charge on any atom is 0.107 e. The fourth-order valence-corrected chi connectivity index (χ4v) is 3.77. The second-order valence-corrected chi connectivity index (χ2v) is 7.45. The standard InChI is InChI=1S/C25H17ClN2O/c26-19-9-6-18-7-11-20(28-24(18)15-19)10-4-16-3-5-17-8-12-23-21(2-1-13-27-23)25(29)22(17)14-16/h1-15,25,29H/b10-4+. The molecule has 0 bridgehead atoms. The molecule has 1 N–H and O–H groups in total. The lowest BCUT2D eigenvalue weighted by atomic mass is 9.96. The minimum atomic E-state index is -0.710. The molecule has 0 amide bonds. The number of hydrogen-bond acceptors (Lipinski definition) is 3. The van der Waals surface area contributed by atoms with E-state index in [4.69, 9.17) is 11.6 Å². The van der Waals surface area contributed by atoms with Gasteiger partial charge in [0.1, 0.15) is 6.10 Å². The smallest absolute Gasteiger partial charge is 0.107 e. The van der Waals surface area contributed by atoms with Gasteiger partial charge in [-0.25, -0.2) is 4.98 Å². The third-order valence-corrected chi connectivity index (χ3v) is 5.35. The van der Waals surface area contributed by atoms with Crippen LogP contribution in [0.4, 0.5) is 0 Å². The Balaban J connectivity index is 1.49. The van der Waals surface area contributed by atoms with Crippen molar-refractivity contribution in [1.29, 1.82) is 0 Å². The lowest BCUT2D eigenvalue weighted by Crippen LogP contribution is -2.03. The summed E-state index contributed by atoms with van der Waals surface area (Å²) >= 11 is 6.08. The molecule has 1 aliphatic rings. The maximum atomic E-state index is 10.9. The maximum absolute atomic E-state index is 10.9. The number of pyridine rings is 2. The molecule has 29 heavy (non-hydrogen) atoms. The first kappa shape index (κ1) is 17.8. The minimum absolute atomic E-state index is 0.675. The largest absolute Gasteiger partial charge is 0.384 e. The van der Waals surface area contributed by atoms with Crippen molar-refractivity contribution in [3.63, 3.8) is 0 Å². The van der Waals surface area contributed by atoms with Crippen LogP contribution in [0.15, 0.2) is 66.9 Å². The second-order valence-electron chi connectivity index (χ2n) is 7.01. The fraction of sp³-hybridized carbons (Fsp3) is 0.0400. The Kier molecular flexibility index (Phi) is 4.47. The highest BCUT2D eigenvalue weighted by Gasteiger charge is 2.19. The van der Waals surface area contributed by atoms with E-state index < -0.39 is 6.10 Å². The van der Waals surface area contributed by atoms with E-state index >= 15 is 0 Å². The van der Waals surface area contributed by atoms with Crippen LogP contribution in [-0.2, 0) is 0 Å². The van der Waals surface area contributed by atoms with Crippen molar-refractivity contribution >= 4 is 46.8 Å². The molecule has 0 aliphatic heterocycles. The summed E-state index contributed by atoms with van der Waals surface area (Å²) in [6.45, 7) is 0. The molecule has 1 unspecified atom stereocenters. The van der Waals surface area contributed by atoms with E-state index in [1.54, 1.807) is 6.20 Å². The number of rotatable bonds is 2. The number of aromatic nitrogens is 2. The Hall–Kier alpha value is -3.27. The number of hydrogen-bond donors (Lipinski definition) is 1. The summed E-state index contributed by atoms with van der Waals surface area (Å²) in [6.07, 6.45) is 8.95. The van der Waals surface area contributed by atoms with Crippen LogP contribution in [0.25, 0.3) is 35.2 Å². The number of nitrogens with zero attached hydrogens (tertiary/aromatic N) is 2. The highest BCUT2D eigenvalue weighted by Crippen LogP contribution is 2.32. The SMILES string of the molecule is OC1c2cc(/C=C/c3ccc4ccc(Cl)cc4n3)ccc2C=Cc2ncccc21. The molecule has 0 saturated heterocycles. The van der Waals surface area contributed by atoms with Crippen molar-refractivity contribution in [2.75, 3.05) is 0 Å². The molecule has 140 valence electrons. The van der Waals surface area contributed by atoms with Gasteiger partial charge in [-0.1, -0.05) is 54.1 Å². The van der Waals surface area contributed by atoms with E-state index in [1.807, 2.05) is 85.0 Å². The van der Waals surface area contributed by atoms with Crippen molar-refractivity contribution in [2.45, 2.75) is 6.10 Å². The van der Waals surface area contributed by atoms with E-state index in [-0.39, 0.29) is 0 Å². The van der Waals surface area contributed by atoms with E-state index in [9.17, 15) is 5.11 Å². The van der Waals surface area contributed by atoms with Gasteiger partial charge in [-0.3, -0.25) is 4.98 Å². The molecule has 2 heterocycles. The normalized spacial score (nSPS) is 15.3. The number of halogens is 1. The molecular weight excluding hydrogens is 380 g/mol. The van der Waals surface area contributed by atoms with E-state index in [0.717, 1.165) is 44.5 Å². The van der Waals surface area contributed by atoms with Crippen molar-refractivity contribution in [3.05, 3.63) is 106 Å². The van der Waals surface area contributed by atoms with Crippen LogP contribution in [0.1, 0.15) is 39.7 Å². The molecule has 4 aromatic rings. The molecule has 2 aromatic carbocycles. The quantitative estimate of drug-likeness (QED) is 0.450. The van der Waals surface area contributed by atoms with Crippen LogP contribution in [0.2, 0.25) is 5.02 Å². The number of aliphatic hydroxyl groups excluding tert-OH is 1. The Bertz CT molecular complexity index is 1290. The zero-order valence-corrected chi connectivity index (χ0v) is 16.2. The molecule has 0 fully saturated rings. The van der Waals surface area contributed by atoms with Gasteiger partial charge in [0.25, 0.3) is 0 Å². The molecule has 2 aromatic heterocycles. The summed E-state index contributed by atoms with van der Waals surface area (Å²) in [6, 6.07) is 19.6. The summed E-state index contributed by atoms with van der Waals surface area (Å²) in [5, 5.41) is 12.6. The van der Waals surface area contributed by atoms with Crippen molar-refractivity contribution in [1.82, 2.24) is 9.97 Å². The molecule has 4 heteroatoms. The molecule has 0 saturated carbocycles. The molecular formula is C25H17ClN2O. The van der Waals surface area contributed by atoms with Gasteiger partial charge in [-0.15, -0.1) is 0 Å². The van der Waals surface area contributed by atoms with E-state index in [2.05, 4.69) is 9.97 Å². The molecule has 0 radical (unpaired) electrons. The Morgan fingerprint density at radius 3 is 2.72 bits per heavy atom. The zero-order valence-electron chi connectivity index (χ0n) is 15.5. The third-order valence-electron chi connectivity index (χ3n) is 5.11.